The molecule has 0 bridgehead atoms. The Balaban J connectivity index is 2.26. The highest BCUT2D eigenvalue weighted by Gasteiger charge is 2.03. The average Bonchev–Trinajstić information content (AvgIpc) is 2.36. The standard InChI is InChI=1S/C13H21NO3/c1-11(10-14-8-9-15-2)17-13-6-4-12(16-3)5-7-13/h4-7,11,14H,8-10H2,1-3H3. The van der Waals surface area contributed by atoms with Crippen LogP contribution in [0.1, 0.15) is 6.92 Å². The van der Waals surface area contributed by atoms with Gasteiger partial charge >= 0.3 is 0 Å². The lowest BCUT2D eigenvalue weighted by molar-refractivity contribution is 0.184. The van der Waals surface area contributed by atoms with Gasteiger partial charge in [0.15, 0.2) is 0 Å². The van der Waals surface area contributed by atoms with Crippen molar-refractivity contribution in [2.24, 2.45) is 0 Å². The maximum atomic E-state index is 5.74. The third-order valence-corrected chi connectivity index (χ3v) is 2.31. The first-order chi connectivity index (χ1) is 8.26. The molecule has 1 aromatic rings. The Morgan fingerprint density at radius 1 is 1.12 bits per heavy atom. The zero-order chi connectivity index (χ0) is 12.5. The molecule has 0 spiro atoms. The van der Waals surface area contributed by atoms with Crippen LogP contribution in [0, 0.1) is 0 Å². The molecule has 0 aliphatic carbocycles. The van der Waals surface area contributed by atoms with Gasteiger partial charge in [-0.3, -0.25) is 0 Å². The van der Waals surface area contributed by atoms with E-state index in [-0.39, 0.29) is 6.10 Å². The van der Waals surface area contributed by atoms with E-state index in [2.05, 4.69) is 5.32 Å². The van der Waals surface area contributed by atoms with Crippen LogP contribution < -0.4 is 14.8 Å². The quantitative estimate of drug-likeness (QED) is 0.701. The van der Waals surface area contributed by atoms with Crippen molar-refractivity contribution in [1.29, 1.82) is 0 Å². The highest BCUT2D eigenvalue weighted by molar-refractivity contribution is 5.31. The maximum Gasteiger partial charge on any atom is 0.120 e. The van der Waals surface area contributed by atoms with Crippen molar-refractivity contribution >= 4 is 0 Å². The Morgan fingerprint density at radius 2 is 1.76 bits per heavy atom. The summed E-state index contributed by atoms with van der Waals surface area (Å²) in [5, 5.41) is 3.25. The molecule has 0 aliphatic rings. The maximum absolute atomic E-state index is 5.74. The van der Waals surface area contributed by atoms with Crippen LogP contribution in [0.4, 0.5) is 0 Å². The average molecular weight is 239 g/mol. The van der Waals surface area contributed by atoms with Crippen molar-refractivity contribution in [3.63, 3.8) is 0 Å². The molecule has 96 valence electrons. The van der Waals surface area contributed by atoms with Crippen LogP contribution in [0.3, 0.4) is 0 Å². The Morgan fingerprint density at radius 3 is 2.35 bits per heavy atom. The minimum absolute atomic E-state index is 0.125. The lowest BCUT2D eigenvalue weighted by atomic mass is 10.3. The van der Waals surface area contributed by atoms with E-state index < -0.39 is 0 Å². The van der Waals surface area contributed by atoms with E-state index in [1.165, 1.54) is 0 Å². The van der Waals surface area contributed by atoms with Crippen LogP contribution in [-0.2, 0) is 4.74 Å². The Kier molecular flexibility index (Phi) is 6.43. The molecule has 1 unspecified atom stereocenters. The highest BCUT2D eigenvalue weighted by Crippen LogP contribution is 2.17. The highest BCUT2D eigenvalue weighted by atomic mass is 16.5. The molecule has 1 N–H and O–H groups in total. The summed E-state index contributed by atoms with van der Waals surface area (Å²) in [6.07, 6.45) is 0.125. The molecular formula is C13H21NO3. The molecule has 0 saturated heterocycles. The van der Waals surface area contributed by atoms with Gasteiger partial charge in [0.1, 0.15) is 17.6 Å². The van der Waals surface area contributed by atoms with E-state index in [1.54, 1.807) is 14.2 Å². The molecule has 4 nitrogen and oxygen atoms in total. The summed E-state index contributed by atoms with van der Waals surface area (Å²) < 4.78 is 15.8. The summed E-state index contributed by atoms with van der Waals surface area (Å²) in [5.41, 5.74) is 0. The van der Waals surface area contributed by atoms with Gasteiger partial charge in [-0.05, 0) is 31.2 Å². The molecule has 0 heterocycles. The lowest BCUT2D eigenvalue weighted by Crippen LogP contribution is -2.31. The third kappa shape index (κ3) is 5.56. The SMILES string of the molecule is COCCNCC(C)Oc1ccc(OC)cc1. The first-order valence-corrected chi connectivity index (χ1v) is 5.76. The van der Waals surface area contributed by atoms with Crippen LogP contribution in [0.15, 0.2) is 24.3 Å². The zero-order valence-electron chi connectivity index (χ0n) is 10.7. The fraction of sp³-hybridized carbons (Fsp3) is 0.538. The second-order valence-electron chi connectivity index (χ2n) is 3.80. The molecule has 1 rings (SSSR count). The number of hydrogen-bond donors (Lipinski definition) is 1. The van der Waals surface area contributed by atoms with Gasteiger partial charge in [-0.25, -0.2) is 0 Å². The molecule has 0 amide bonds. The summed E-state index contributed by atoms with van der Waals surface area (Å²) in [5.74, 6) is 1.69. The van der Waals surface area contributed by atoms with Crippen LogP contribution >= 0.6 is 0 Å². The Hall–Kier alpha value is -1.26. The van der Waals surface area contributed by atoms with Gasteiger partial charge in [0, 0.05) is 20.2 Å². The first kappa shape index (κ1) is 13.8. The number of nitrogens with one attached hydrogen (secondary N) is 1. The molecule has 17 heavy (non-hydrogen) atoms. The van der Waals surface area contributed by atoms with Crippen LogP contribution in [0.25, 0.3) is 0 Å². The van der Waals surface area contributed by atoms with Crippen molar-refractivity contribution in [3.8, 4) is 11.5 Å². The molecule has 0 aliphatic heterocycles. The van der Waals surface area contributed by atoms with Gasteiger partial charge < -0.3 is 19.5 Å². The number of ether oxygens (including phenoxy) is 3. The summed E-state index contributed by atoms with van der Waals surface area (Å²) in [7, 11) is 3.34. The van der Waals surface area contributed by atoms with E-state index >= 15 is 0 Å². The van der Waals surface area contributed by atoms with Crippen LogP contribution in [0.2, 0.25) is 0 Å². The first-order valence-electron chi connectivity index (χ1n) is 5.76. The molecule has 4 heteroatoms. The number of hydrogen-bond acceptors (Lipinski definition) is 4. The van der Waals surface area contributed by atoms with Crippen molar-refractivity contribution in [1.82, 2.24) is 5.32 Å². The second-order valence-corrected chi connectivity index (χ2v) is 3.80. The monoisotopic (exact) mass is 239 g/mol. The van der Waals surface area contributed by atoms with Gasteiger partial charge in [0.2, 0.25) is 0 Å². The van der Waals surface area contributed by atoms with Crippen LogP contribution in [0.5, 0.6) is 11.5 Å². The Bertz CT molecular complexity index is 300. The minimum atomic E-state index is 0.125. The molecule has 0 fully saturated rings. The zero-order valence-corrected chi connectivity index (χ0v) is 10.7. The van der Waals surface area contributed by atoms with E-state index in [9.17, 15) is 0 Å². The largest absolute Gasteiger partial charge is 0.497 e. The summed E-state index contributed by atoms with van der Waals surface area (Å²) in [4.78, 5) is 0. The van der Waals surface area contributed by atoms with E-state index in [4.69, 9.17) is 14.2 Å². The fourth-order valence-corrected chi connectivity index (χ4v) is 1.41. The summed E-state index contributed by atoms with van der Waals surface area (Å²) in [6.45, 7) is 4.39. The van der Waals surface area contributed by atoms with Gasteiger partial charge in [-0.15, -0.1) is 0 Å². The van der Waals surface area contributed by atoms with E-state index in [0.29, 0.717) is 0 Å². The molecule has 1 atom stereocenters. The summed E-state index contributed by atoms with van der Waals surface area (Å²) in [6, 6.07) is 7.59. The van der Waals surface area contributed by atoms with Gasteiger partial charge in [0.25, 0.3) is 0 Å². The topological polar surface area (TPSA) is 39.7 Å². The summed E-state index contributed by atoms with van der Waals surface area (Å²) >= 11 is 0. The van der Waals surface area contributed by atoms with E-state index in [1.807, 2.05) is 31.2 Å². The Labute approximate surface area is 103 Å². The molecular weight excluding hydrogens is 218 g/mol. The van der Waals surface area contributed by atoms with Crippen molar-refractivity contribution < 1.29 is 14.2 Å². The minimum Gasteiger partial charge on any atom is -0.497 e. The fourth-order valence-electron chi connectivity index (χ4n) is 1.41. The third-order valence-electron chi connectivity index (χ3n) is 2.31. The van der Waals surface area contributed by atoms with Gasteiger partial charge in [-0.1, -0.05) is 0 Å². The normalized spacial score (nSPS) is 12.2. The second kappa shape index (κ2) is 7.92. The van der Waals surface area contributed by atoms with Crippen molar-refractivity contribution in [3.05, 3.63) is 24.3 Å². The molecule has 1 aromatic carbocycles. The molecule has 0 saturated carbocycles. The predicted molar refractivity (Wildman–Crippen MR) is 67.8 cm³/mol. The van der Waals surface area contributed by atoms with E-state index in [0.717, 1.165) is 31.2 Å². The van der Waals surface area contributed by atoms with Crippen molar-refractivity contribution in [2.75, 3.05) is 33.9 Å². The van der Waals surface area contributed by atoms with Crippen molar-refractivity contribution in [2.45, 2.75) is 13.0 Å². The molecule has 0 aromatic heterocycles. The number of methoxy groups -OCH3 is 2. The smallest absolute Gasteiger partial charge is 0.120 e. The number of benzene rings is 1. The predicted octanol–water partition coefficient (Wildman–Crippen LogP) is 1.70. The van der Waals surface area contributed by atoms with Gasteiger partial charge in [-0.2, -0.15) is 0 Å². The van der Waals surface area contributed by atoms with Crippen LogP contribution in [-0.4, -0.2) is 40.0 Å². The number of rotatable bonds is 8. The molecule has 0 radical (unpaired) electrons. The lowest BCUT2D eigenvalue weighted by Gasteiger charge is -2.15. The van der Waals surface area contributed by atoms with Gasteiger partial charge in [0.05, 0.1) is 13.7 Å².